The van der Waals surface area contributed by atoms with Crippen LogP contribution in [-0.2, 0) is 14.4 Å². The van der Waals surface area contributed by atoms with Gasteiger partial charge in [-0.2, -0.15) is 0 Å². The first-order valence-corrected chi connectivity index (χ1v) is 11.0. The van der Waals surface area contributed by atoms with E-state index in [1.165, 1.54) is 22.5 Å². The van der Waals surface area contributed by atoms with Crippen molar-refractivity contribution in [2.45, 2.75) is 38.6 Å². The third-order valence-electron chi connectivity index (χ3n) is 6.25. The first kappa shape index (κ1) is 19.2. The lowest BCUT2D eigenvalue weighted by molar-refractivity contribution is -0.144. The van der Waals surface area contributed by atoms with E-state index in [1.54, 1.807) is 12.1 Å². The zero-order chi connectivity index (χ0) is 21.0. The number of hydrogen-bond donors (Lipinski definition) is 1. The number of amides is 3. The van der Waals surface area contributed by atoms with Crippen LogP contribution in [0.3, 0.4) is 0 Å². The number of imide groups is 1. The minimum absolute atomic E-state index is 0.0935. The third kappa shape index (κ3) is 2.99. The molecule has 2 aromatic rings. The number of fused-ring (bicyclic) bond motifs is 5. The predicted molar refractivity (Wildman–Crippen MR) is 108 cm³/mol. The van der Waals surface area contributed by atoms with Crippen LogP contribution < -0.4 is 5.32 Å². The minimum atomic E-state index is -0.775. The Hall–Kier alpha value is -2.81. The highest BCUT2D eigenvalue weighted by molar-refractivity contribution is 7.15. The summed E-state index contributed by atoms with van der Waals surface area (Å²) in [6.07, 6.45) is 6.36. The number of carbonyl (C=O) groups is 3. The van der Waals surface area contributed by atoms with Crippen molar-refractivity contribution in [3.05, 3.63) is 41.3 Å². The molecule has 0 spiro atoms. The van der Waals surface area contributed by atoms with Crippen LogP contribution in [-0.4, -0.2) is 32.8 Å². The van der Waals surface area contributed by atoms with E-state index in [1.807, 2.05) is 13.8 Å². The molecule has 2 aromatic heterocycles. The van der Waals surface area contributed by atoms with Crippen molar-refractivity contribution in [2.75, 3.05) is 5.32 Å². The van der Waals surface area contributed by atoms with E-state index in [2.05, 4.69) is 27.7 Å². The van der Waals surface area contributed by atoms with Gasteiger partial charge in [0.1, 0.15) is 16.8 Å². The van der Waals surface area contributed by atoms with Crippen molar-refractivity contribution in [1.29, 1.82) is 0 Å². The van der Waals surface area contributed by atoms with Gasteiger partial charge in [-0.3, -0.25) is 19.3 Å². The molecule has 30 heavy (non-hydrogen) atoms. The molecule has 3 heterocycles. The van der Waals surface area contributed by atoms with Crippen molar-refractivity contribution >= 4 is 34.2 Å². The van der Waals surface area contributed by atoms with Gasteiger partial charge in [0.15, 0.2) is 0 Å². The number of aromatic nitrogens is 2. The molecular formula is C21H22N4O4S. The zero-order valence-corrected chi connectivity index (χ0v) is 17.5. The van der Waals surface area contributed by atoms with Crippen molar-refractivity contribution in [1.82, 2.24) is 15.1 Å². The highest BCUT2D eigenvalue weighted by atomic mass is 32.1. The summed E-state index contributed by atoms with van der Waals surface area (Å²) in [7, 11) is 0. The molecule has 5 rings (SSSR count). The maximum absolute atomic E-state index is 13.2. The summed E-state index contributed by atoms with van der Waals surface area (Å²) in [5, 5.41) is 12.1. The monoisotopic (exact) mass is 426 g/mol. The molecule has 2 fully saturated rings. The maximum Gasteiger partial charge on any atom is 0.234 e. The minimum Gasteiger partial charge on any atom is -0.467 e. The van der Waals surface area contributed by atoms with Gasteiger partial charge >= 0.3 is 0 Å². The van der Waals surface area contributed by atoms with Gasteiger partial charge < -0.3 is 9.73 Å². The van der Waals surface area contributed by atoms with Gasteiger partial charge in [-0.25, -0.2) is 0 Å². The molecule has 1 N–H and O–H groups in total. The lowest BCUT2D eigenvalue weighted by Crippen LogP contribution is -2.38. The molecule has 2 bridgehead atoms. The molecule has 1 aliphatic heterocycles. The second-order valence-corrected chi connectivity index (χ2v) is 9.44. The van der Waals surface area contributed by atoms with E-state index in [0.29, 0.717) is 10.9 Å². The van der Waals surface area contributed by atoms with Gasteiger partial charge in [0.2, 0.25) is 22.9 Å². The Morgan fingerprint density at radius 1 is 1.23 bits per heavy atom. The number of likely N-dealkylation sites (tertiary alicyclic amines) is 1. The molecule has 9 heteroatoms. The Kier molecular flexibility index (Phi) is 4.57. The van der Waals surface area contributed by atoms with Crippen LogP contribution in [0, 0.1) is 23.7 Å². The second-order valence-electron chi connectivity index (χ2n) is 8.43. The standard InChI is InChI=1S/C21H22N4O4S/c1-10(2)18-23-24-21(30-18)22-15(26)9-13(14-4-3-7-29-14)25-19(27)16-11-5-6-12(8-11)17(16)20(25)28/h3-7,10-13,16-17H,8-9H2,1-2H3,(H,22,24,26). The van der Waals surface area contributed by atoms with Crippen LogP contribution in [0.1, 0.15) is 49.4 Å². The fourth-order valence-electron chi connectivity index (χ4n) is 4.90. The Morgan fingerprint density at radius 2 is 1.93 bits per heavy atom. The molecule has 0 aromatic carbocycles. The number of nitrogens with one attached hydrogen (secondary N) is 1. The maximum atomic E-state index is 13.2. The van der Waals surface area contributed by atoms with Crippen LogP contribution in [0.15, 0.2) is 35.0 Å². The normalized spacial score (nSPS) is 27.9. The average molecular weight is 426 g/mol. The summed E-state index contributed by atoms with van der Waals surface area (Å²) >= 11 is 1.32. The van der Waals surface area contributed by atoms with Crippen molar-refractivity contribution in [3.63, 3.8) is 0 Å². The van der Waals surface area contributed by atoms with Gasteiger partial charge in [-0.15, -0.1) is 10.2 Å². The molecule has 0 radical (unpaired) electrons. The van der Waals surface area contributed by atoms with Crippen molar-refractivity contribution in [3.8, 4) is 0 Å². The van der Waals surface area contributed by atoms with Crippen LogP contribution in [0.2, 0.25) is 0 Å². The van der Waals surface area contributed by atoms with Crippen LogP contribution in [0.4, 0.5) is 5.13 Å². The van der Waals surface area contributed by atoms with E-state index < -0.39 is 6.04 Å². The first-order chi connectivity index (χ1) is 14.4. The number of rotatable bonds is 6. The lowest BCUT2D eigenvalue weighted by Gasteiger charge is -2.25. The van der Waals surface area contributed by atoms with Gasteiger partial charge in [-0.05, 0) is 30.4 Å². The van der Waals surface area contributed by atoms with Crippen molar-refractivity contribution in [2.24, 2.45) is 23.7 Å². The summed E-state index contributed by atoms with van der Waals surface area (Å²) in [6, 6.07) is 2.61. The molecule has 8 nitrogen and oxygen atoms in total. The van der Waals surface area contributed by atoms with E-state index in [-0.39, 0.29) is 53.7 Å². The van der Waals surface area contributed by atoms with Gasteiger partial charge in [0, 0.05) is 5.92 Å². The molecule has 1 saturated carbocycles. The average Bonchev–Trinajstić information content (AvgIpc) is 3.51. The smallest absolute Gasteiger partial charge is 0.234 e. The summed E-state index contributed by atoms with van der Waals surface area (Å²) in [5.74, 6) is -0.509. The van der Waals surface area contributed by atoms with Crippen LogP contribution in [0.25, 0.3) is 0 Å². The van der Waals surface area contributed by atoms with Gasteiger partial charge in [-0.1, -0.05) is 37.3 Å². The first-order valence-electron chi connectivity index (χ1n) is 10.2. The molecular weight excluding hydrogens is 404 g/mol. The van der Waals surface area contributed by atoms with Crippen LogP contribution in [0.5, 0.6) is 0 Å². The highest BCUT2D eigenvalue weighted by Crippen LogP contribution is 2.54. The summed E-state index contributed by atoms with van der Waals surface area (Å²) in [5.41, 5.74) is 0. The van der Waals surface area contributed by atoms with Crippen molar-refractivity contribution < 1.29 is 18.8 Å². The topological polar surface area (TPSA) is 105 Å². The van der Waals surface area contributed by atoms with E-state index in [9.17, 15) is 14.4 Å². The molecule has 1 saturated heterocycles. The van der Waals surface area contributed by atoms with E-state index in [4.69, 9.17) is 4.42 Å². The quantitative estimate of drug-likeness (QED) is 0.562. The molecule has 156 valence electrons. The molecule has 5 atom stereocenters. The highest BCUT2D eigenvalue weighted by Gasteiger charge is 2.60. The summed E-state index contributed by atoms with van der Waals surface area (Å²) in [4.78, 5) is 40.5. The van der Waals surface area contributed by atoms with E-state index in [0.717, 1.165) is 11.4 Å². The SMILES string of the molecule is CC(C)c1nnc(NC(=O)CC(c2ccco2)N2C(=O)C3C4C=CC(C4)C3C2=O)s1. The number of nitrogens with zero attached hydrogens (tertiary/aromatic N) is 3. The molecule has 5 unspecified atom stereocenters. The third-order valence-corrected chi connectivity index (χ3v) is 7.39. The lowest BCUT2D eigenvalue weighted by atomic mass is 9.85. The van der Waals surface area contributed by atoms with Gasteiger partial charge in [0.25, 0.3) is 0 Å². The number of allylic oxidation sites excluding steroid dienone is 2. The summed E-state index contributed by atoms with van der Waals surface area (Å²) in [6.45, 7) is 4.00. The van der Waals surface area contributed by atoms with Gasteiger partial charge in [0.05, 0.1) is 24.5 Å². The Morgan fingerprint density at radius 3 is 2.50 bits per heavy atom. The summed E-state index contributed by atoms with van der Waals surface area (Å²) < 4.78 is 5.52. The van der Waals surface area contributed by atoms with Crippen LogP contribution >= 0.6 is 11.3 Å². The Balaban J connectivity index is 1.38. The Bertz CT molecular complexity index is 998. The molecule has 2 aliphatic carbocycles. The molecule has 3 amide bonds. The van der Waals surface area contributed by atoms with E-state index >= 15 is 0 Å². The molecule has 3 aliphatic rings. The fourth-order valence-corrected chi connectivity index (χ4v) is 5.66. The number of hydrogen-bond acceptors (Lipinski definition) is 7. The largest absolute Gasteiger partial charge is 0.467 e. The number of anilines is 1. The predicted octanol–water partition coefficient (Wildman–Crippen LogP) is 3.13. The Labute approximate surface area is 177 Å². The number of carbonyl (C=O) groups excluding carboxylic acids is 3. The number of furan rings is 1. The second kappa shape index (κ2) is 7.16. The zero-order valence-electron chi connectivity index (χ0n) is 16.6. The fraction of sp³-hybridized carbons (Fsp3) is 0.476.